The fourth-order valence-corrected chi connectivity index (χ4v) is 2.75. The Balaban J connectivity index is 2.36. The molecule has 1 aliphatic heterocycles. The van der Waals surface area contributed by atoms with Crippen LogP contribution in [0.3, 0.4) is 0 Å². The quantitative estimate of drug-likeness (QED) is 0.508. The van der Waals surface area contributed by atoms with Gasteiger partial charge in [-0.3, -0.25) is 11.3 Å². The maximum Gasteiger partial charge on any atom is 0.0741 e. The molecule has 0 aromatic heterocycles. The van der Waals surface area contributed by atoms with Gasteiger partial charge >= 0.3 is 0 Å². The number of hydrazine groups is 1. The van der Waals surface area contributed by atoms with Gasteiger partial charge in [-0.1, -0.05) is 39.5 Å². The minimum atomic E-state index is 0.337. The van der Waals surface area contributed by atoms with Gasteiger partial charge in [0.05, 0.1) is 6.10 Å². The van der Waals surface area contributed by atoms with Crippen molar-refractivity contribution in [2.75, 3.05) is 6.61 Å². The third kappa shape index (κ3) is 5.36. The summed E-state index contributed by atoms with van der Waals surface area (Å²) >= 11 is 0. The van der Waals surface area contributed by atoms with E-state index in [0.717, 1.165) is 18.9 Å². The predicted octanol–water partition coefficient (Wildman–Crippen LogP) is 2.99. The van der Waals surface area contributed by atoms with Gasteiger partial charge in [-0.2, -0.15) is 0 Å². The molecule has 3 heteroatoms. The van der Waals surface area contributed by atoms with E-state index in [1.54, 1.807) is 0 Å². The highest BCUT2D eigenvalue weighted by molar-refractivity contribution is 4.80. The van der Waals surface area contributed by atoms with Gasteiger partial charge in [0.25, 0.3) is 0 Å². The lowest BCUT2D eigenvalue weighted by Gasteiger charge is -2.32. The van der Waals surface area contributed by atoms with Crippen molar-refractivity contribution in [3.05, 3.63) is 0 Å². The number of ether oxygens (including phenoxy) is 1. The van der Waals surface area contributed by atoms with Crippen molar-refractivity contribution < 1.29 is 4.74 Å². The van der Waals surface area contributed by atoms with Gasteiger partial charge < -0.3 is 4.74 Å². The average Bonchev–Trinajstić information content (AvgIpc) is 2.40. The molecule has 3 unspecified atom stereocenters. The Labute approximate surface area is 106 Å². The van der Waals surface area contributed by atoms with Gasteiger partial charge in [0, 0.05) is 12.6 Å². The van der Waals surface area contributed by atoms with Crippen molar-refractivity contribution in [3.63, 3.8) is 0 Å². The van der Waals surface area contributed by atoms with E-state index in [2.05, 4.69) is 19.3 Å². The molecule has 0 amide bonds. The molecule has 1 heterocycles. The van der Waals surface area contributed by atoms with Gasteiger partial charge in [0.15, 0.2) is 0 Å². The summed E-state index contributed by atoms with van der Waals surface area (Å²) in [5, 5.41) is 0. The fraction of sp³-hybridized carbons (Fsp3) is 1.00. The number of unbranched alkanes of at least 4 members (excludes halogenated alkanes) is 1. The predicted molar refractivity (Wildman–Crippen MR) is 72.6 cm³/mol. The first kappa shape index (κ1) is 14.9. The molecule has 17 heavy (non-hydrogen) atoms. The van der Waals surface area contributed by atoms with E-state index < -0.39 is 0 Å². The normalized spacial score (nSPS) is 24.5. The second-order valence-corrected chi connectivity index (χ2v) is 5.33. The van der Waals surface area contributed by atoms with Crippen LogP contribution in [-0.4, -0.2) is 18.8 Å². The zero-order valence-corrected chi connectivity index (χ0v) is 11.6. The maximum absolute atomic E-state index is 5.84. The molecule has 1 rings (SSSR count). The minimum Gasteiger partial charge on any atom is -0.377 e. The average molecular weight is 242 g/mol. The highest BCUT2D eigenvalue weighted by Crippen LogP contribution is 2.24. The molecule has 0 bridgehead atoms. The van der Waals surface area contributed by atoms with Crippen molar-refractivity contribution in [3.8, 4) is 0 Å². The topological polar surface area (TPSA) is 47.3 Å². The van der Waals surface area contributed by atoms with Crippen LogP contribution in [0.1, 0.15) is 65.2 Å². The Morgan fingerprint density at radius 2 is 2.18 bits per heavy atom. The molecule has 0 saturated carbocycles. The monoisotopic (exact) mass is 242 g/mol. The first-order valence-corrected chi connectivity index (χ1v) is 7.39. The molecule has 3 atom stereocenters. The number of hydrogen-bond acceptors (Lipinski definition) is 3. The van der Waals surface area contributed by atoms with Crippen molar-refractivity contribution in [2.24, 2.45) is 11.8 Å². The molecule has 3 N–H and O–H groups in total. The van der Waals surface area contributed by atoms with Gasteiger partial charge in [0.2, 0.25) is 0 Å². The third-order valence-corrected chi connectivity index (χ3v) is 4.01. The van der Waals surface area contributed by atoms with Crippen molar-refractivity contribution in [2.45, 2.75) is 77.4 Å². The Hall–Kier alpha value is -0.120. The molecular formula is C14H30N2O. The molecule has 102 valence electrons. The van der Waals surface area contributed by atoms with E-state index >= 15 is 0 Å². The summed E-state index contributed by atoms with van der Waals surface area (Å²) in [6, 6.07) is 0.345. The lowest BCUT2D eigenvalue weighted by molar-refractivity contribution is -0.0131. The van der Waals surface area contributed by atoms with E-state index in [1.165, 1.54) is 44.9 Å². The zero-order valence-electron chi connectivity index (χ0n) is 11.6. The van der Waals surface area contributed by atoms with Crippen LogP contribution >= 0.6 is 0 Å². The molecule has 0 spiro atoms. The molecule has 0 aromatic rings. The number of hydrogen-bond donors (Lipinski definition) is 2. The van der Waals surface area contributed by atoms with Crippen molar-refractivity contribution in [1.82, 2.24) is 5.43 Å². The number of nitrogens with two attached hydrogens (primary N) is 1. The fourth-order valence-electron chi connectivity index (χ4n) is 2.75. The minimum absolute atomic E-state index is 0.337. The largest absolute Gasteiger partial charge is 0.377 e. The summed E-state index contributed by atoms with van der Waals surface area (Å²) in [7, 11) is 0. The van der Waals surface area contributed by atoms with Gasteiger partial charge in [-0.15, -0.1) is 0 Å². The van der Waals surface area contributed by atoms with Gasteiger partial charge in [-0.25, -0.2) is 0 Å². The summed E-state index contributed by atoms with van der Waals surface area (Å²) in [6.45, 7) is 5.46. The second-order valence-electron chi connectivity index (χ2n) is 5.33. The van der Waals surface area contributed by atoms with E-state index in [-0.39, 0.29) is 0 Å². The lowest BCUT2D eigenvalue weighted by atomic mass is 9.88. The molecule has 1 aliphatic rings. The molecule has 1 fully saturated rings. The van der Waals surface area contributed by atoms with Crippen LogP contribution in [0.15, 0.2) is 0 Å². The molecule has 3 nitrogen and oxygen atoms in total. The molecule has 0 aromatic carbocycles. The van der Waals surface area contributed by atoms with Crippen molar-refractivity contribution >= 4 is 0 Å². The zero-order chi connectivity index (χ0) is 12.5. The smallest absolute Gasteiger partial charge is 0.0741 e. The van der Waals surface area contributed by atoms with E-state index in [0.29, 0.717) is 12.1 Å². The summed E-state index contributed by atoms with van der Waals surface area (Å²) < 4.78 is 5.84. The Kier molecular flexibility index (Phi) is 7.82. The van der Waals surface area contributed by atoms with Crippen LogP contribution in [-0.2, 0) is 4.74 Å². The highest BCUT2D eigenvalue weighted by atomic mass is 16.5. The standard InChI is InChI=1S/C14H30N2O/c1-3-5-8-12(4-2)11-13(16-15)14-9-6-7-10-17-14/h12-14,16H,3-11,15H2,1-2H3. The summed E-state index contributed by atoms with van der Waals surface area (Å²) in [4.78, 5) is 0. The van der Waals surface area contributed by atoms with E-state index in [4.69, 9.17) is 10.6 Å². The third-order valence-electron chi connectivity index (χ3n) is 4.01. The van der Waals surface area contributed by atoms with E-state index in [9.17, 15) is 0 Å². The SMILES string of the molecule is CCCCC(CC)CC(NN)C1CCCCO1. The van der Waals surface area contributed by atoms with Crippen molar-refractivity contribution in [1.29, 1.82) is 0 Å². The highest BCUT2D eigenvalue weighted by Gasteiger charge is 2.25. The van der Waals surface area contributed by atoms with Crippen LogP contribution in [0.5, 0.6) is 0 Å². The molecule has 0 radical (unpaired) electrons. The van der Waals surface area contributed by atoms with Crippen LogP contribution in [0, 0.1) is 5.92 Å². The summed E-state index contributed by atoms with van der Waals surface area (Å²) in [6.07, 6.45) is 10.4. The summed E-state index contributed by atoms with van der Waals surface area (Å²) in [5.41, 5.74) is 2.99. The molecule has 1 saturated heterocycles. The Bertz CT molecular complexity index is 181. The Morgan fingerprint density at radius 1 is 1.35 bits per heavy atom. The van der Waals surface area contributed by atoms with Crippen LogP contribution in [0.25, 0.3) is 0 Å². The molecular weight excluding hydrogens is 212 g/mol. The first-order chi connectivity index (χ1) is 8.31. The lowest BCUT2D eigenvalue weighted by Crippen LogP contribution is -2.47. The first-order valence-electron chi connectivity index (χ1n) is 7.39. The number of nitrogens with one attached hydrogen (secondary N) is 1. The van der Waals surface area contributed by atoms with Gasteiger partial charge in [-0.05, 0) is 31.6 Å². The van der Waals surface area contributed by atoms with Crippen LogP contribution < -0.4 is 11.3 Å². The maximum atomic E-state index is 5.84. The van der Waals surface area contributed by atoms with Gasteiger partial charge in [0.1, 0.15) is 0 Å². The summed E-state index contributed by atoms with van der Waals surface area (Å²) in [5.74, 6) is 6.50. The van der Waals surface area contributed by atoms with Crippen LogP contribution in [0.4, 0.5) is 0 Å². The number of rotatable bonds is 8. The van der Waals surface area contributed by atoms with E-state index in [1.807, 2.05) is 0 Å². The second kappa shape index (κ2) is 8.90. The Morgan fingerprint density at radius 3 is 2.71 bits per heavy atom. The molecule has 0 aliphatic carbocycles. The van der Waals surface area contributed by atoms with Crippen LogP contribution in [0.2, 0.25) is 0 Å².